The van der Waals surface area contributed by atoms with Gasteiger partial charge in [0.2, 0.25) is 5.95 Å². The van der Waals surface area contributed by atoms with E-state index in [0.29, 0.717) is 11.3 Å². The number of anilines is 2. The van der Waals surface area contributed by atoms with E-state index < -0.39 is 23.0 Å². The molecule has 0 aliphatic heterocycles. The lowest BCUT2D eigenvalue weighted by Gasteiger charge is -2.15. The van der Waals surface area contributed by atoms with Crippen LogP contribution < -0.4 is 16.7 Å². The fourth-order valence-electron chi connectivity index (χ4n) is 2.51. The molecule has 0 amide bonds. The van der Waals surface area contributed by atoms with Gasteiger partial charge in [-0.1, -0.05) is 18.2 Å². The van der Waals surface area contributed by atoms with E-state index in [2.05, 4.69) is 10.3 Å². The van der Waals surface area contributed by atoms with E-state index in [1.807, 2.05) is 0 Å². The molecule has 8 heteroatoms. The lowest BCUT2D eigenvalue weighted by Crippen LogP contribution is -2.42. The van der Waals surface area contributed by atoms with Gasteiger partial charge in [0, 0.05) is 12.2 Å². The molecule has 0 saturated heterocycles. The fraction of sp³-hybridized carbons (Fsp3) is 0.167. The topological polar surface area (TPSA) is 68.9 Å². The maximum absolute atomic E-state index is 13.4. The van der Waals surface area contributed by atoms with E-state index in [9.17, 15) is 18.4 Å². The van der Waals surface area contributed by atoms with E-state index in [-0.39, 0.29) is 19.0 Å². The highest BCUT2D eigenvalue weighted by Gasteiger charge is 2.13. The number of rotatable bonds is 5. The van der Waals surface area contributed by atoms with Gasteiger partial charge in [-0.05, 0) is 42.8 Å². The summed E-state index contributed by atoms with van der Waals surface area (Å²) in [6.07, 6.45) is 0. The highest BCUT2D eigenvalue weighted by Crippen LogP contribution is 2.15. The van der Waals surface area contributed by atoms with Gasteiger partial charge in [-0.15, -0.1) is 0 Å². The predicted octanol–water partition coefficient (Wildman–Crippen LogP) is 2.50. The number of aromatic nitrogens is 3. The lowest BCUT2D eigenvalue weighted by molar-refractivity contribution is 0.575. The Labute approximate surface area is 147 Å². The first-order valence-corrected chi connectivity index (χ1v) is 7.96. The molecule has 0 aliphatic carbocycles. The van der Waals surface area contributed by atoms with Crippen molar-refractivity contribution in [1.29, 1.82) is 0 Å². The molecule has 1 heterocycles. The second-order valence-corrected chi connectivity index (χ2v) is 5.59. The summed E-state index contributed by atoms with van der Waals surface area (Å²) in [5.74, 6) is -0.875. The summed E-state index contributed by atoms with van der Waals surface area (Å²) in [7, 11) is 0. The van der Waals surface area contributed by atoms with E-state index >= 15 is 0 Å². The molecule has 0 spiro atoms. The second kappa shape index (κ2) is 7.30. The molecule has 0 saturated carbocycles. The van der Waals surface area contributed by atoms with Crippen molar-refractivity contribution in [3.63, 3.8) is 0 Å². The van der Waals surface area contributed by atoms with Crippen LogP contribution >= 0.6 is 0 Å². The van der Waals surface area contributed by atoms with E-state index in [0.717, 1.165) is 4.57 Å². The van der Waals surface area contributed by atoms with Gasteiger partial charge in [-0.25, -0.2) is 22.9 Å². The average Bonchev–Trinajstić information content (AvgIpc) is 2.60. The van der Waals surface area contributed by atoms with Crippen LogP contribution in [0.5, 0.6) is 0 Å². The summed E-state index contributed by atoms with van der Waals surface area (Å²) in [6, 6.07) is 11.2. The fourth-order valence-corrected chi connectivity index (χ4v) is 2.51. The van der Waals surface area contributed by atoms with Gasteiger partial charge in [0.25, 0.3) is 0 Å². The van der Waals surface area contributed by atoms with Gasteiger partial charge in [-0.2, -0.15) is 4.98 Å². The van der Waals surface area contributed by atoms with Crippen molar-refractivity contribution in [3.05, 3.63) is 86.7 Å². The first-order chi connectivity index (χ1) is 12.5. The molecule has 6 nitrogen and oxygen atoms in total. The predicted molar refractivity (Wildman–Crippen MR) is 93.6 cm³/mol. The Morgan fingerprint density at radius 2 is 1.73 bits per heavy atom. The largest absolute Gasteiger partial charge is 0.354 e. The van der Waals surface area contributed by atoms with Crippen LogP contribution in [-0.4, -0.2) is 14.1 Å². The van der Waals surface area contributed by atoms with Gasteiger partial charge < -0.3 is 5.32 Å². The van der Waals surface area contributed by atoms with Crippen LogP contribution in [0.2, 0.25) is 0 Å². The molecular weight excluding hydrogens is 342 g/mol. The molecule has 0 unspecified atom stereocenters. The van der Waals surface area contributed by atoms with E-state index in [4.69, 9.17) is 0 Å². The van der Waals surface area contributed by atoms with Crippen molar-refractivity contribution in [2.24, 2.45) is 0 Å². The summed E-state index contributed by atoms with van der Waals surface area (Å²) >= 11 is 0. The van der Waals surface area contributed by atoms with Gasteiger partial charge in [0.15, 0.2) is 0 Å². The molecule has 1 N–H and O–H groups in total. The van der Waals surface area contributed by atoms with Crippen molar-refractivity contribution in [2.75, 3.05) is 5.32 Å². The zero-order chi connectivity index (χ0) is 18.7. The number of benzene rings is 2. The second-order valence-electron chi connectivity index (χ2n) is 5.59. The highest BCUT2D eigenvalue weighted by atomic mass is 19.1. The zero-order valence-electron chi connectivity index (χ0n) is 13.9. The first kappa shape index (κ1) is 17.5. The SMILES string of the molecule is CCn1c(=O)nc(Nc2cccc(F)c2)n(Cc2ccc(F)cc2)c1=O. The van der Waals surface area contributed by atoms with Crippen LogP contribution in [0.4, 0.5) is 20.4 Å². The maximum Gasteiger partial charge on any atom is 0.354 e. The molecule has 3 aromatic rings. The van der Waals surface area contributed by atoms with Crippen LogP contribution in [0, 0.1) is 11.6 Å². The molecule has 0 aliphatic rings. The average molecular weight is 358 g/mol. The third kappa shape index (κ3) is 3.69. The summed E-state index contributed by atoms with van der Waals surface area (Å²) in [5, 5.41) is 2.80. The Kier molecular flexibility index (Phi) is 4.92. The van der Waals surface area contributed by atoms with Crippen LogP contribution in [0.25, 0.3) is 0 Å². The Hall–Kier alpha value is -3.29. The Balaban J connectivity index is 2.08. The molecule has 0 radical (unpaired) electrons. The van der Waals surface area contributed by atoms with Gasteiger partial charge in [-0.3, -0.25) is 4.57 Å². The minimum absolute atomic E-state index is 0.0142. The molecule has 134 valence electrons. The Morgan fingerprint density at radius 3 is 2.38 bits per heavy atom. The standard InChI is InChI=1S/C18H16F2N4O2/c1-2-23-17(25)22-16(21-15-5-3-4-14(20)10-15)24(18(23)26)11-12-6-8-13(19)9-7-12/h3-10H,2,11H2,1H3,(H,21,22,25). The first-order valence-electron chi connectivity index (χ1n) is 7.96. The summed E-state index contributed by atoms with van der Waals surface area (Å²) in [5.41, 5.74) is -0.264. The van der Waals surface area contributed by atoms with Crippen molar-refractivity contribution in [2.45, 2.75) is 20.0 Å². The van der Waals surface area contributed by atoms with Gasteiger partial charge in [0.1, 0.15) is 11.6 Å². The number of hydrogen-bond donors (Lipinski definition) is 1. The molecule has 0 bridgehead atoms. The normalized spacial score (nSPS) is 10.7. The Bertz CT molecular complexity index is 1040. The smallest absolute Gasteiger partial charge is 0.325 e. The van der Waals surface area contributed by atoms with Crippen LogP contribution in [0.1, 0.15) is 12.5 Å². The molecular formula is C18H16F2N4O2. The zero-order valence-corrected chi connectivity index (χ0v) is 13.9. The minimum atomic E-state index is -0.702. The van der Waals surface area contributed by atoms with Crippen LogP contribution in [-0.2, 0) is 13.1 Å². The number of nitrogens with one attached hydrogen (secondary N) is 1. The van der Waals surface area contributed by atoms with Crippen LogP contribution in [0.15, 0.2) is 58.1 Å². The van der Waals surface area contributed by atoms with Crippen LogP contribution in [0.3, 0.4) is 0 Å². The Morgan fingerprint density at radius 1 is 1.00 bits per heavy atom. The molecule has 0 fully saturated rings. The maximum atomic E-state index is 13.4. The van der Waals surface area contributed by atoms with Crippen molar-refractivity contribution >= 4 is 11.6 Å². The molecule has 2 aromatic carbocycles. The molecule has 1 aromatic heterocycles. The van der Waals surface area contributed by atoms with Crippen molar-refractivity contribution < 1.29 is 8.78 Å². The molecule has 0 atom stereocenters. The lowest BCUT2D eigenvalue weighted by atomic mass is 10.2. The van der Waals surface area contributed by atoms with Crippen molar-refractivity contribution in [3.8, 4) is 0 Å². The number of hydrogen-bond acceptors (Lipinski definition) is 4. The summed E-state index contributed by atoms with van der Waals surface area (Å²) in [6.45, 7) is 1.89. The molecule has 26 heavy (non-hydrogen) atoms. The minimum Gasteiger partial charge on any atom is -0.325 e. The van der Waals surface area contributed by atoms with Gasteiger partial charge >= 0.3 is 11.4 Å². The summed E-state index contributed by atoms with van der Waals surface area (Å²) in [4.78, 5) is 28.6. The van der Waals surface area contributed by atoms with Crippen molar-refractivity contribution in [1.82, 2.24) is 14.1 Å². The third-order valence-electron chi connectivity index (χ3n) is 3.80. The molecule has 3 rings (SSSR count). The number of halogens is 2. The van der Waals surface area contributed by atoms with Gasteiger partial charge in [0.05, 0.1) is 6.54 Å². The quantitative estimate of drug-likeness (QED) is 0.761. The monoisotopic (exact) mass is 358 g/mol. The highest BCUT2D eigenvalue weighted by molar-refractivity contribution is 5.53. The van der Waals surface area contributed by atoms with E-state index in [1.165, 1.54) is 47.0 Å². The third-order valence-corrected chi connectivity index (χ3v) is 3.80. The number of nitrogens with zero attached hydrogens (tertiary/aromatic N) is 3. The van der Waals surface area contributed by atoms with E-state index in [1.54, 1.807) is 13.0 Å². The summed E-state index contributed by atoms with van der Waals surface area (Å²) < 4.78 is 28.7.